The van der Waals surface area contributed by atoms with Crippen LogP contribution in [-0.4, -0.2) is 32.7 Å². The molecule has 0 unspecified atom stereocenters. The molecule has 1 aliphatic heterocycles. The lowest BCUT2D eigenvalue weighted by Crippen LogP contribution is -2.38. The third kappa shape index (κ3) is 3.31. The van der Waals surface area contributed by atoms with E-state index in [4.69, 9.17) is 27.9 Å². The van der Waals surface area contributed by atoms with Gasteiger partial charge in [-0.2, -0.15) is 0 Å². The predicted molar refractivity (Wildman–Crippen MR) is 126 cm³/mol. The van der Waals surface area contributed by atoms with Crippen LogP contribution in [0.15, 0.2) is 47.4 Å². The van der Waals surface area contributed by atoms with E-state index in [1.807, 2.05) is 0 Å². The van der Waals surface area contributed by atoms with E-state index in [9.17, 15) is 29.7 Å². The van der Waals surface area contributed by atoms with Gasteiger partial charge in [-0.1, -0.05) is 29.3 Å². The number of ketones is 3. The summed E-state index contributed by atoms with van der Waals surface area (Å²) in [6.07, 6.45) is 3.67. The maximum atomic E-state index is 13.3. The quantitative estimate of drug-likeness (QED) is 0.302. The Balaban J connectivity index is 1.89. The van der Waals surface area contributed by atoms with Crippen molar-refractivity contribution in [2.75, 3.05) is 0 Å². The summed E-state index contributed by atoms with van der Waals surface area (Å²) < 4.78 is 5.76. The molecule has 3 N–H and O–H groups in total. The normalized spacial score (nSPS) is 19.1. The number of hydrogen-bond acceptors (Lipinski definition) is 7. The fourth-order valence-electron chi connectivity index (χ4n) is 4.14. The highest BCUT2D eigenvalue weighted by molar-refractivity contribution is 6.35. The molecule has 174 valence electrons. The summed E-state index contributed by atoms with van der Waals surface area (Å²) in [4.78, 5) is 38.5. The Kier molecular flexibility index (Phi) is 5.58. The van der Waals surface area contributed by atoms with Crippen LogP contribution in [0, 0.1) is 6.92 Å². The Hall–Kier alpha value is -3.55. The zero-order valence-electron chi connectivity index (χ0n) is 18.2. The number of allylic oxidation sites excluding steroid dienone is 4. The number of carbonyl (C=O) groups is 3. The molecule has 0 aromatic heterocycles. The van der Waals surface area contributed by atoms with Gasteiger partial charge >= 0.3 is 0 Å². The standard InChI is InChI=1S/C25H18Cl2O7/c1-10-21(31)19(15(29)7-5-12-4-6-13(26)8-14(12)27)23-20(22(10)32)25(3)17(34-23)9-16(30)18(11(2)28)24(25)33/h4-9,30-32H,1-3H3/b7-5+/t25-/m1/s1. The molecule has 1 aliphatic carbocycles. The molecule has 0 amide bonds. The highest BCUT2D eigenvalue weighted by Crippen LogP contribution is 2.57. The zero-order valence-corrected chi connectivity index (χ0v) is 19.7. The Morgan fingerprint density at radius 3 is 2.41 bits per heavy atom. The van der Waals surface area contributed by atoms with Crippen molar-refractivity contribution in [3.63, 3.8) is 0 Å². The molecule has 0 spiro atoms. The predicted octanol–water partition coefficient (Wildman–Crippen LogP) is 5.13. The lowest BCUT2D eigenvalue weighted by Gasteiger charge is -2.28. The van der Waals surface area contributed by atoms with Gasteiger partial charge in [0.15, 0.2) is 17.3 Å². The smallest absolute Gasteiger partial charge is 0.193 e. The maximum Gasteiger partial charge on any atom is 0.193 e. The first kappa shape index (κ1) is 23.6. The number of halogens is 2. The Morgan fingerprint density at radius 1 is 1.12 bits per heavy atom. The van der Waals surface area contributed by atoms with Crippen molar-refractivity contribution in [1.29, 1.82) is 0 Å². The Labute approximate surface area is 204 Å². The number of benzene rings is 2. The summed E-state index contributed by atoms with van der Waals surface area (Å²) >= 11 is 12.0. The van der Waals surface area contributed by atoms with Gasteiger partial charge in [-0.05, 0) is 50.6 Å². The van der Waals surface area contributed by atoms with E-state index >= 15 is 0 Å². The highest BCUT2D eigenvalue weighted by Gasteiger charge is 2.55. The molecule has 2 aliphatic rings. The first-order valence-corrected chi connectivity index (χ1v) is 10.8. The Bertz CT molecular complexity index is 1420. The van der Waals surface area contributed by atoms with Gasteiger partial charge in [0.1, 0.15) is 45.3 Å². The summed E-state index contributed by atoms with van der Waals surface area (Å²) in [5.41, 5.74) is -2.07. The van der Waals surface area contributed by atoms with Crippen molar-refractivity contribution in [2.45, 2.75) is 26.2 Å². The van der Waals surface area contributed by atoms with Gasteiger partial charge in [-0.3, -0.25) is 14.4 Å². The summed E-state index contributed by atoms with van der Waals surface area (Å²) in [5.74, 6) is -4.06. The molecule has 7 nitrogen and oxygen atoms in total. The van der Waals surface area contributed by atoms with E-state index in [0.29, 0.717) is 15.6 Å². The van der Waals surface area contributed by atoms with E-state index in [1.165, 1.54) is 26.0 Å². The molecule has 0 bridgehead atoms. The molecule has 2 aromatic carbocycles. The van der Waals surface area contributed by atoms with Crippen molar-refractivity contribution in [1.82, 2.24) is 0 Å². The minimum Gasteiger partial charge on any atom is -0.507 e. The highest BCUT2D eigenvalue weighted by atomic mass is 35.5. The second-order valence-corrected chi connectivity index (χ2v) is 8.99. The number of phenols is 2. The number of aromatic hydroxyl groups is 2. The number of hydrogen-bond donors (Lipinski definition) is 3. The van der Waals surface area contributed by atoms with E-state index in [1.54, 1.807) is 12.1 Å². The zero-order chi connectivity index (χ0) is 25.1. The molecule has 1 atom stereocenters. The molecule has 9 heteroatoms. The molecule has 34 heavy (non-hydrogen) atoms. The van der Waals surface area contributed by atoms with Gasteiger partial charge in [0.25, 0.3) is 0 Å². The fourth-order valence-corrected chi connectivity index (χ4v) is 4.62. The summed E-state index contributed by atoms with van der Waals surface area (Å²) in [5, 5.41) is 32.5. The average molecular weight is 501 g/mol. The van der Waals surface area contributed by atoms with Crippen LogP contribution < -0.4 is 4.74 Å². The molecule has 0 saturated heterocycles. The minimum atomic E-state index is -1.69. The van der Waals surface area contributed by atoms with Gasteiger partial charge < -0.3 is 20.1 Å². The molecular weight excluding hydrogens is 483 g/mol. The van der Waals surface area contributed by atoms with Gasteiger partial charge in [0.05, 0.1) is 5.56 Å². The number of carbonyl (C=O) groups excluding carboxylic acids is 3. The van der Waals surface area contributed by atoms with Crippen LogP contribution in [0.4, 0.5) is 0 Å². The molecular formula is C25H18Cl2O7. The summed E-state index contributed by atoms with van der Waals surface area (Å²) in [6, 6.07) is 4.70. The van der Waals surface area contributed by atoms with Crippen molar-refractivity contribution in [3.05, 3.63) is 79.7 Å². The Morgan fingerprint density at radius 2 is 1.79 bits per heavy atom. The fraction of sp³-hybridized carbons (Fsp3) is 0.160. The van der Waals surface area contributed by atoms with Crippen LogP contribution in [0.25, 0.3) is 6.08 Å². The number of fused-ring (bicyclic) bond motifs is 3. The first-order valence-electron chi connectivity index (χ1n) is 10.0. The average Bonchev–Trinajstić information content (AvgIpc) is 3.04. The van der Waals surface area contributed by atoms with Gasteiger partial charge in [-0.15, -0.1) is 0 Å². The number of aliphatic hydroxyl groups is 1. The van der Waals surface area contributed by atoms with Gasteiger partial charge in [0.2, 0.25) is 0 Å². The first-order chi connectivity index (χ1) is 15.9. The van der Waals surface area contributed by atoms with Crippen LogP contribution >= 0.6 is 23.2 Å². The third-order valence-electron chi connectivity index (χ3n) is 6.02. The molecule has 4 rings (SSSR count). The maximum absolute atomic E-state index is 13.3. The largest absolute Gasteiger partial charge is 0.507 e. The van der Waals surface area contributed by atoms with Crippen molar-refractivity contribution in [3.8, 4) is 17.2 Å². The second kappa shape index (κ2) is 8.04. The van der Waals surface area contributed by atoms with Crippen LogP contribution in [0.1, 0.15) is 40.9 Å². The van der Waals surface area contributed by atoms with E-state index in [2.05, 4.69) is 0 Å². The number of ether oxygens (including phenoxy) is 1. The summed E-state index contributed by atoms with van der Waals surface area (Å²) in [6.45, 7) is 3.92. The number of rotatable bonds is 4. The van der Waals surface area contributed by atoms with Crippen LogP contribution in [0.3, 0.4) is 0 Å². The van der Waals surface area contributed by atoms with E-state index in [0.717, 1.165) is 19.1 Å². The second-order valence-electron chi connectivity index (χ2n) is 8.15. The lowest BCUT2D eigenvalue weighted by molar-refractivity contribution is -0.123. The van der Waals surface area contributed by atoms with Crippen molar-refractivity contribution in [2.24, 2.45) is 0 Å². The molecule has 0 radical (unpaired) electrons. The van der Waals surface area contributed by atoms with Crippen LogP contribution in [0.5, 0.6) is 17.2 Å². The van der Waals surface area contributed by atoms with Gasteiger partial charge in [-0.25, -0.2) is 0 Å². The van der Waals surface area contributed by atoms with Gasteiger partial charge in [0, 0.05) is 21.7 Å². The summed E-state index contributed by atoms with van der Waals surface area (Å²) in [7, 11) is 0. The monoisotopic (exact) mass is 500 g/mol. The van der Waals surface area contributed by atoms with Crippen molar-refractivity contribution < 1.29 is 34.4 Å². The van der Waals surface area contributed by atoms with E-state index in [-0.39, 0.29) is 28.2 Å². The number of aliphatic hydroxyl groups excluding tert-OH is 1. The molecule has 2 aromatic rings. The minimum absolute atomic E-state index is 0.0537. The van der Waals surface area contributed by atoms with E-state index < -0.39 is 45.6 Å². The van der Waals surface area contributed by atoms with Crippen molar-refractivity contribution >= 4 is 46.6 Å². The topological polar surface area (TPSA) is 121 Å². The number of phenolic OH excluding ortho intramolecular Hbond substituents is 2. The molecule has 0 saturated carbocycles. The molecule has 1 heterocycles. The van der Waals surface area contributed by atoms with Crippen LogP contribution in [-0.2, 0) is 15.0 Å². The number of Topliss-reactive ketones (excluding diaryl/α,β-unsaturated/α-hetero) is 2. The third-order valence-corrected chi connectivity index (χ3v) is 6.59. The molecule has 0 fully saturated rings. The lowest BCUT2D eigenvalue weighted by atomic mass is 9.71. The van der Waals surface area contributed by atoms with Crippen LogP contribution in [0.2, 0.25) is 10.0 Å². The SMILES string of the molecule is CC(=O)C1=C(O)C=C2Oc3c(C(=O)/C=C/c4ccc(Cl)cc4Cl)c(O)c(C)c(O)c3[C@]2(C)C1=O.